The standard InChI is InChI=1S/15Ca.2HNO3.30H/c;;;;;;;;;;;;;;;2*2-1(3)4;;;;;;;;;;;;;;;;;;;;;;;;;;;;;;/h;;;;;;;;;;;;;;;2*(H,2,3,4);;;;;;;;;;;;;;;;;;;;;;;;;;;;;;. The summed E-state index contributed by atoms with van der Waals surface area (Å²) < 4.78 is 0. The Hall–Kier alpha value is 17.3. The molecule has 8 nitrogen and oxygen atoms in total. The van der Waals surface area contributed by atoms with E-state index in [1.165, 1.54) is 0 Å². The second-order valence-corrected chi connectivity index (χ2v) is 0.476. The summed E-state index contributed by atoms with van der Waals surface area (Å²) in [6.45, 7) is 0. The number of rotatable bonds is 0. The molecule has 23 heavy (non-hydrogen) atoms. The van der Waals surface area contributed by atoms with E-state index >= 15 is 0 Å². The van der Waals surface area contributed by atoms with Gasteiger partial charge in [0.15, 0.2) is 0 Å². The average molecular weight is 757 g/mol. The second kappa shape index (κ2) is 106. The SMILES string of the molecule is O=[N+]([O-])O.O=[N+]([O-])O.[CaH2].[CaH2].[CaH2].[CaH2].[CaH2].[CaH2].[CaH2].[CaH2].[CaH2].[CaH2].[CaH2].[CaH2].[CaH2].[CaH2].[CaH2]. The molecule has 0 unspecified atom stereocenters. The first-order valence-corrected chi connectivity index (χ1v) is 1.13. The molecule has 0 heterocycles. The van der Waals surface area contributed by atoms with E-state index in [0.717, 1.165) is 0 Å². The van der Waals surface area contributed by atoms with Crippen molar-refractivity contribution in [2.45, 2.75) is 0 Å². The minimum absolute atomic E-state index is 0. The molecule has 0 amide bonds. The van der Waals surface area contributed by atoms with Gasteiger partial charge in [0.2, 0.25) is 0 Å². The summed E-state index contributed by atoms with van der Waals surface area (Å²) in [5, 5.41) is 27.3. The van der Waals surface area contributed by atoms with E-state index in [0.29, 0.717) is 0 Å². The minimum atomic E-state index is -1.50. The first kappa shape index (κ1) is 115. The van der Waals surface area contributed by atoms with Crippen molar-refractivity contribution in [1.29, 1.82) is 0 Å². The Morgan fingerprint density at radius 2 is 0.391 bits per heavy atom. The fourth-order valence-corrected chi connectivity index (χ4v) is 0. The molecule has 0 fully saturated rings. The molecule has 0 aromatic heterocycles. The normalized spacial score (nSPS) is 2.09. The van der Waals surface area contributed by atoms with Crippen molar-refractivity contribution in [1.82, 2.24) is 0 Å². The predicted molar refractivity (Wildman–Crippen MR) is 146 cm³/mol. The Bertz CT molecular complexity index is 86.0. The molecule has 2 N–H and O–H groups in total. The molecule has 0 radical (unpaired) electrons. The van der Waals surface area contributed by atoms with Gasteiger partial charge in [-0.3, -0.25) is 0 Å². The third-order valence-corrected chi connectivity index (χ3v) is 0. The van der Waals surface area contributed by atoms with E-state index in [1.54, 1.807) is 0 Å². The van der Waals surface area contributed by atoms with E-state index in [-0.39, 0.29) is 566 Å². The molecule has 0 saturated heterocycles. The molecule has 0 aromatic carbocycles. The van der Waals surface area contributed by atoms with Gasteiger partial charge in [-0.1, -0.05) is 0 Å². The van der Waals surface area contributed by atoms with E-state index in [9.17, 15) is 0 Å². The summed E-state index contributed by atoms with van der Waals surface area (Å²) in [6, 6.07) is 0. The Morgan fingerprint density at radius 1 is 0.391 bits per heavy atom. The van der Waals surface area contributed by atoms with Gasteiger partial charge in [0, 0.05) is 0 Å². The fourth-order valence-electron chi connectivity index (χ4n) is 0. The summed E-state index contributed by atoms with van der Waals surface area (Å²) >= 11 is 0. The number of hydrogen-bond donors (Lipinski definition) is 2. The van der Waals surface area contributed by atoms with Crippen LogP contribution < -0.4 is 0 Å². The van der Waals surface area contributed by atoms with Crippen molar-refractivity contribution in [2.75, 3.05) is 0 Å². The molecular formula is H32Ca15N2O6. The van der Waals surface area contributed by atoms with Gasteiger partial charge in [-0.05, 0) is 0 Å². The van der Waals surface area contributed by atoms with Gasteiger partial charge < -0.3 is 10.4 Å². The van der Waals surface area contributed by atoms with Crippen molar-refractivity contribution < 1.29 is 20.6 Å². The zero-order chi connectivity index (χ0) is 7.15. The molecule has 23 heteroatoms. The van der Waals surface area contributed by atoms with Gasteiger partial charge in [0.25, 0.3) is 10.2 Å². The van der Waals surface area contributed by atoms with Gasteiger partial charge in [0.05, 0.1) is 0 Å². The zero-order valence-electron chi connectivity index (χ0n) is 3.42. The van der Waals surface area contributed by atoms with Crippen molar-refractivity contribution in [3.63, 3.8) is 0 Å². The molecule has 0 spiro atoms. The van der Waals surface area contributed by atoms with E-state index in [2.05, 4.69) is 0 Å². The molecule has 0 rings (SSSR count). The Kier molecular flexibility index (Phi) is 529. The first-order chi connectivity index (χ1) is 3.46. The van der Waals surface area contributed by atoms with Crippen molar-refractivity contribution in [3.05, 3.63) is 20.2 Å². The summed E-state index contributed by atoms with van der Waals surface area (Å²) in [5.74, 6) is 0. The van der Waals surface area contributed by atoms with Gasteiger partial charge in [-0.2, -0.15) is 0 Å². The van der Waals surface area contributed by atoms with Crippen LogP contribution in [-0.4, -0.2) is 587 Å². The topological polar surface area (TPSA) is 127 Å². The third kappa shape index (κ3) is 183. The molecule has 108 valence electrons. The van der Waals surface area contributed by atoms with Gasteiger partial charge >= 0.3 is 566 Å². The summed E-state index contributed by atoms with van der Waals surface area (Å²) in [4.78, 5) is 16.7. The average Bonchev–Trinajstić information content (AvgIpc) is 1.25. The molecule has 0 aliphatic carbocycles. The molecule has 0 bridgehead atoms. The van der Waals surface area contributed by atoms with Crippen LogP contribution in [0.5, 0.6) is 0 Å². The van der Waals surface area contributed by atoms with Crippen LogP contribution in [0.4, 0.5) is 0 Å². The quantitative estimate of drug-likeness (QED) is 0.144. The molecule has 0 aliphatic heterocycles. The summed E-state index contributed by atoms with van der Waals surface area (Å²) in [6.07, 6.45) is 0. The number of nitrogens with zero attached hydrogens (tertiary/aromatic N) is 2. The Morgan fingerprint density at radius 3 is 0.391 bits per heavy atom. The molecular weight excluding hydrogens is 725 g/mol. The molecule has 0 saturated carbocycles. The maximum atomic E-state index is 8.36. The van der Waals surface area contributed by atoms with E-state index in [1.807, 2.05) is 0 Å². The van der Waals surface area contributed by atoms with Crippen molar-refractivity contribution >= 4 is 566 Å². The van der Waals surface area contributed by atoms with Crippen LogP contribution in [0.1, 0.15) is 0 Å². The fraction of sp³-hybridized carbons (Fsp3) is 0. The predicted octanol–water partition coefficient (Wildman–Crippen LogP) is -14.4. The summed E-state index contributed by atoms with van der Waals surface area (Å²) in [5.41, 5.74) is 0. The van der Waals surface area contributed by atoms with Crippen LogP contribution in [0.15, 0.2) is 0 Å². The van der Waals surface area contributed by atoms with E-state index < -0.39 is 10.2 Å². The monoisotopic (exact) mass is 756 g/mol. The van der Waals surface area contributed by atoms with Crippen LogP contribution in [-0.2, 0) is 0 Å². The van der Waals surface area contributed by atoms with Crippen LogP contribution in [0.25, 0.3) is 0 Å². The zero-order valence-corrected chi connectivity index (χ0v) is 3.42. The Balaban J connectivity index is -0.00000000126. The van der Waals surface area contributed by atoms with Gasteiger partial charge in [-0.25, -0.2) is 0 Å². The van der Waals surface area contributed by atoms with Crippen LogP contribution in [0.2, 0.25) is 0 Å². The van der Waals surface area contributed by atoms with Crippen molar-refractivity contribution in [3.8, 4) is 0 Å². The Labute approximate surface area is 584 Å². The maximum absolute atomic E-state index is 8.36. The second-order valence-electron chi connectivity index (χ2n) is 0.476. The van der Waals surface area contributed by atoms with E-state index in [4.69, 9.17) is 30.6 Å². The van der Waals surface area contributed by atoms with Gasteiger partial charge in [-0.15, -0.1) is 20.2 Å². The first-order valence-electron chi connectivity index (χ1n) is 1.13. The van der Waals surface area contributed by atoms with Crippen LogP contribution in [0, 0.1) is 20.2 Å². The van der Waals surface area contributed by atoms with Crippen LogP contribution in [0.3, 0.4) is 0 Å². The molecule has 0 aliphatic rings. The van der Waals surface area contributed by atoms with Crippen molar-refractivity contribution in [2.24, 2.45) is 0 Å². The number of hydrogen-bond acceptors (Lipinski definition) is 4. The third-order valence-electron chi connectivity index (χ3n) is 0. The van der Waals surface area contributed by atoms with Crippen LogP contribution >= 0.6 is 0 Å². The van der Waals surface area contributed by atoms with Gasteiger partial charge in [0.1, 0.15) is 0 Å². The molecule has 0 atom stereocenters. The summed E-state index contributed by atoms with van der Waals surface area (Å²) in [7, 11) is 0. The molecule has 0 aromatic rings.